The van der Waals surface area contributed by atoms with E-state index in [1.807, 2.05) is 13.0 Å². The van der Waals surface area contributed by atoms with Crippen LogP contribution in [0.3, 0.4) is 0 Å². The summed E-state index contributed by atoms with van der Waals surface area (Å²) in [5.41, 5.74) is 2.47. The Kier molecular flexibility index (Phi) is 4.61. The Balaban J connectivity index is 2.25. The van der Waals surface area contributed by atoms with Gasteiger partial charge in [-0.15, -0.1) is 0 Å². The topological polar surface area (TPSA) is 20.2 Å². The van der Waals surface area contributed by atoms with E-state index in [0.29, 0.717) is 17.0 Å². The van der Waals surface area contributed by atoms with Crippen molar-refractivity contribution in [1.82, 2.24) is 0 Å². The molecule has 1 unspecified atom stereocenters. The maximum Gasteiger partial charge on any atom is 0.123 e. The van der Waals surface area contributed by atoms with Crippen molar-refractivity contribution in [3.05, 3.63) is 68.4 Å². The normalized spacial score (nSPS) is 12.5. The molecule has 0 aliphatic heterocycles. The van der Waals surface area contributed by atoms with Gasteiger partial charge in [0.2, 0.25) is 0 Å². The van der Waals surface area contributed by atoms with Crippen molar-refractivity contribution >= 4 is 27.5 Å². The van der Waals surface area contributed by atoms with Crippen molar-refractivity contribution in [3.8, 4) is 0 Å². The molecule has 0 aromatic heterocycles. The summed E-state index contributed by atoms with van der Waals surface area (Å²) in [7, 11) is 0. The number of aryl methyl sites for hydroxylation is 1. The molecule has 0 saturated heterocycles. The summed E-state index contributed by atoms with van der Waals surface area (Å²) in [6.07, 6.45) is -0.355. The fourth-order valence-electron chi connectivity index (χ4n) is 1.95. The van der Waals surface area contributed by atoms with Crippen molar-refractivity contribution in [2.45, 2.75) is 19.4 Å². The zero-order valence-corrected chi connectivity index (χ0v) is 12.7. The summed E-state index contributed by atoms with van der Waals surface area (Å²) >= 11 is 9.29. The molecule has 19 heavy (non-hydrogen) atoms. The van der Waals surface area contributed by atoms with Gasteiger partial charge >= 0.3 is 0 Å². The maximum atomic E-state index is 13.2. The largest absolute Gasteiger partial charge is 0.388 e. The summed E-state index contributed by atoms with van der Waals surface area (Å²) in [5, 5.41) is 10.8. The van der Waals surface area contributed by atoms with E-state index in [0.717, 1.165) is 15.6 Å². The molecule has 0 heterocycles. The van der Waals surface area contributed by atoms with Gasteiger partial charge in [0.25, 0.3) is 0 Å². The minimum Gasteiger partial charge on any atom is -0.388 e. The van der Waals surface area contributed by atoms with Crippen LogP contribution in [0.5, 0.6) is 0 Å². The average molecular weight is 344 g/mol. The smallest absolute Gasteiger partial charge is 0.123 e. The third-order valence-electron chi connectivity index (χ3n) is 2.99. The summed E-state index contributed by atoms with van der Waals surface area (Å²) in [4.78, 5) is 0. The maximum absolute atomic E-state index is 13.2. The molecule has 4 heteroatoms. The molecule has 1 nitrogen and oxygen atoms in total. The molecular weight excluding hydrogens is 331 g/mol. The van der Waals surface area contributed by atoms with Gasteiger partial charge in [0.15, 0.2) is 0 Å². The highest BCUT2D eigenvalue weighted by molar-refractivity contribution is 9.10. The van der Waals surface area contributed by atoms with Crippen LogP contribution >= 0.6 is 27.5 Å². The lowest BCUT2D eigenvalue weighted by molar-refractivity contribution is 0.178. The lowest BCUT2D eigenvalue weighted by atomic mass is 9.98. The molecule has 0 aliphatic carbocycles. The molecule has 0 fully saturated rings. The summed E-state index contributed by atoms with van der Waals surface area (Å²) < 4.78 is 14.0. The second-order valence-electron chi connectivity index (χ2n) is 4.49. The molecule has 0 aliphatic rings. The third-order valence-corrected chi connectivity index (χ3v) is 3.67. The Hall–Kier alpha value is -0.900. The molecule has 0 amide bonds. The minimum absolute atomic E-state index is 0.292. The summed E-state index contributed by atoms with van der Waals surface area (Å²) in [5.74, 6) is -0.292. The van der Waals surface area contributed by atoms with Crippen LogP contribution in [0.25, 0.3) is 0 Å². The Morgan fingerprint density at radius 3 is 2.68 bits per heavy atom. The predicted octanol–water partition coefficient (Wildman–Crippen LogP) is 4.83. The molecule has 0 spiro atoms. The van der Waals surface area contributed by atoms with Gasteiger partial charge in [0.05, 0.1) is 6.10 Å². The molecule has 2 aromatic rings. The zero-order chi connectivity index (χ0) is 14.0. The lowest BCUT2D eigenvalue weighted by Crippen LogP contribution is -2.04. The van der Waals surface area contributed by atoms with Crippen LogP contribution < -0.4 is 0 Å². The molecule has 1 N–H and O–H groups in total. The van der Waals surface area contributed by atoms with E-state index in [1.54, 1.807) is 18.2 Å². The quantitative estimate of drug-likeness (QED) is 0.846. The van der Waals surface area contributed by atoms with Gasteiger partial charge in [-0.3, -0.25) is 0 Å². The average Bonchev–Trinajstić information content (AvgIpc) is 2.32. The van der Waals surface area contributed by atoms with E-state index >= 15 is 0 Å². The zero-order valence-electron chi connectivity index (χ0n) is 10.3. The molecule has 0 radical (unpaired) electrons. The molecule has 100 valence electrons. The number of rotatable bonds is 3. The van der Waals surface area contributed by atoms with Crippen LogP contribution in [-0.2, 0) is 6.42 Å². The van der Waals surface area contributed by atoms with Crippen molar-refractivity contribution in [3.63, 3.8) is 0 Å². The number of benzene rings is 2. The van der Waals surface area contributed by atoms with Crippen molar-refractivity contribution in [1.29, 1.82) is 0 Å². The molecule has 0 saturated carbocycles. The fourth-order valence-corrected chi connectivity index (χ4v) is 2.84. The van der Waals surface area contributed by atoms with Crippen LogP contribution in [0.1, 0.15) is 22.8 Å². The van der Waals surface area contributed by atoms with Crippen LogP contribution in [0.2, 0.25) is 5.02 Å². The fraction of sp³-hybridized carbons (Fsp3) is 0.200. The second kappa shape index (κ2) is 6.04. The Labute approximate surface area is 125 Å². The van der Waals surface area contributed by atoms with Crippen molar-refractivity contribution < 1.29 is 9.50 Å². The molecule has 0 bridgehead atoms. The van der Waals surface area contributed by atoms with E-state index in [9.17, 15) is 9.50 Å². The Bertz CT molecular complexity index is 580. The monoisotopic (exact) mass is 342 g/mol. The first-order valence-electron chi connectivity index (χ1n) is 5.85. The molecule has 2 rings (SSSR count). The van der Waals surface area contributed by atoms with E-state index in [4.69, 9.17) is 11.6 Å². The lowest BCUT2D eigenvalue weighted by Gasteiger charge is -2.14. The van der Waals surface area contributed by atoms with Gasteiger partial charge in [-0.2, -0.15) is 0 Å². The number of aliphatic hydroxyl groups excluding tert-OH is 1. The van der Waals surface area contributed by atoms with E-state index in [-0.39, 0.29) is 5.82 Å². The summed E-state index contributed by atoms with van der Waals surface area (Å²) in [6, 6.07) is 9.87. The van der Waals surface area contributed by atoms with Crippen LogP contribution in [0.4, 0.5) is 4.39 Å². The highest BCUT2D eigenvalue weighted by atomic mass is 79.9. The van der Waals surface area contributed by atoms with E-state index in [2.05, 4.69) is 15.9 Å². The van der Waals surface area contributed by atoms with Gasteiger partial charge in [-0.1, -0.05) is 33.6 Å². The number of hydrogen-bond acceptors (Lipinski definition) is 1. The van der Waals surface area contributed by atoms with E-state index < -0.39 is 6.10 Å². The SMILES string of the molecule is Cc1ccc(F)cc1CC(O)c1cc(Cl)cc(Br)c1. The van der Waals surface area contributed by atoms with Crippen LogP contribution in [0, 0.1) is 12.7 Å². The van der Waals surface area contributed by atoms with Gasteiger partial charge in [-0.25, -0.2) is 4.39 Å². The van der Waals surface area contributed by atoms with Crippen LogP contribution in [-0.4, -0.2) is 5.11 Å². The first-order chi connectivity index (χ1) is 8.95. The predicted molar refractivity (Wildman–Crippen MR) is 79.0 cm³/mol. The minimum atomic E-state index is -0.713. The highest BCUT2D eigenvalue weighted by Gasteiger charge is 2.12. The van der Waals surface area contributed by atoms with Gasteiger partial charge in [-0.05, 0) is 53.9 Å². The Morgan fingerprint density at radius 2 is 2.00 bits per heavy atom. The first-order valence-corrected chi connectivity index (χ1v) is 7.02. The summed E-state index contributed by atoms with van der Waals surface area (Å²) in [6.45, 7) is 1.90. The van der Waals surface area contributed by atoms with Crippen molar-refractivity contribution in [2.75, 3.05) is 0 Å². The first kappa shape index (κ1) is 14.5. The molecule has 1 atom stereocenters. The van der Waals surface area contributed by atoms with E-state index in [1.165, 1.54) is 12.1 Å². The van der Waals surface area contributed by atoms with Gasteiger partial charge in [0.1, 0.15) is 5.82 Å². The van der Waals surface area contributed by atoms with Gasteiger partial charge in [0, 0.05) is 15.9 Å². The molecule has 2 aromatic carbocycles. The second-order valence-corrected chi connectivity index (χ2v) is 5.85. The van der Waals surface area contributed by atoms with Crippen molar-refractivity contribution in [2.24, 2.45) is 0 Å². The number of aliphatic hydroxyl groups is 1. The molecular formula is C15H13BrClFO. The third kappa shape index (κ3) is 3.78. The standard InChI is InChI=1S/C15H13BrClFO/c1-9-2-3-14(18)6-10(9)7-15(19)11-4-12(16)8-13(17)5-11/h2-6,8,15,19H,7H2,1H3. The Morgan fingerprint density at radius 1 is 1.26 bits per heavy atom. The van der Waals surface area contributed by atoms with Gasteiger partial charge < -0.3 is 5.11 Å². The van der Waals surface area contributed by atoms with Crippen LogP contribution in [0.15, 0.2) is 40.9 Å². The highest BCUT2D eigenvalue weighted by Crippen LogP contribution is 2.26. The number of halogens is 3. The number of hydrogen-bond donors (Lipinski definition) is 1.